The van der Waals surface area contributed by atoms with Gasteiger partial charge in [0.15, 0.2) is 5.13 Å². The van der Waals surface area contributed by atoms with Crippen LogP contribution in [0.4, 0.5) is 18.3 Å². The molecule has 0 saturated heterocycles. The number of amides is 1. The Bertz CT molecular complexity index is 771. The van der Waals surface area contributed by atoms with Crippen molar-refractivity contribution in [2.45, 2.75) is 20.8 Å². The molecule has 0 aliphatic heterocycles. The Morgan fingerprint density at radius 3 is 2.44 bits per heavy atom. The average Bonchev–Trinajstić information content (AvgIpc) is 2.94. The van der Waals surface area contributed by atoms with Crippen molar-refractivity contribution in [3.05, 3.63) is 34.5 Å². The van der Waals surface area contributed by atoms with Crippen molar-refractivity contribution in [1.29, 1.82) is 0 Å². The lowest BCUT2D eigenvalue weighted by Gasteiger charge is -2.17. The summed E-state index contributed by atoms with van der Waals surface area (Å²) >= 11 is 2.64. The highest BCUT2D eigenvalue weighted by Gasteiger charge is 2.20. The number of nitrogens with one attached hydrogen (secondary N) is 1. The van der Waals surface area contributed by atoms with Gasteiger partial charge in [-0.1, -0.05) is 13.8 Å². The van der Waals surface area contributed by atoms with E-state index in [1.54, 1.807) is 6.92 Å². The highest BCUT2D eigenvalue weighted by molar-refractivity contribution is 7.99. The number of halogens is 3. The van der Waals surface area contributed by atoms with Crippen molar-refractivity contribution < 1.29 is 18.0 Å². The van der Waals surface area contributed by atoms with E-state index in [1.165, 1.54) is 11.8 Å². The smallest absolute Gasteiger partial charge is 0.236 e. The number of aromatic nitrogens is 1. The van der Waals surface area contributed by atoms with Crippen molar-refractivity contribution in [2.75, 3.05) is 36.5 Å². The van der Waals surface area contributed by atoms with E-state index in [0.29, 0.717) is 17.0 Å². The molecular formula is C18H22F3N3OS2. The van der Waals surface area contributed by atoms with Crippen LogP contribution >= 0.6 is 23.1 Å². The van der Waals surface area contributed by atoms with E-state index < -0.39 is 17.5 Å². The fourth-order valence-corrected chi connectivity index (χ4v) is 4.13. The van der Waals surface area contributed by atoms with E-state index in [2.05, 4.69) is 29.0 Å². The Balaban J connectivity index is 1.98. The maximum Gasteiger partial charge on any atom is 0.236 e. The maximum absolute atomic E-state index is 14.0. The number of carbonyl (C=O) groups excluding carboxylic acids is 1. The van der Waals surface area contributed by atoms with Gasteiger partial charge >= 0.3 is 0 Å². The van der Waals surface area contributed by atoms with E-state index in [4.69, 9.17) is 0 Å². The van der Waals surface area contributed by atoms with Gasteiger partial charge in [0.2, 0.25) is 5.91 Å². The molecule has 0 bridgehead atoms. The Morgan fingerprint density at radius 2 is 1.85 bits per heavy atom. The first-order chi connectivity index (χ1) is 12.8. The van der Waals surface area contributed by atoms with Gasteiger partial charge in [0.05, 0.1) is 17.0 Å². The van der Waals surface area contributed by atoms with E-state index in [0.717, 1.165) is 36.7 Å². The molecule has 0 atom stereocenters. The molecule has 27 heavy (non-hydrogen) atoms. The Labute approximate surface area is 165 Å². The maximum atomic E-state index is 14.0. The number of carbonyl (C=O) groups is 1. The highest BCUT2D eigenvalue weighted by atomic mass is 32.2. The molecule has 148 valence electrons. The van der Waals surface area contributed by atoms with Gasteiger partial charge in [-0.05, 0) is 20.0 Å². The van der Waals surface area contributed by atoms with Crippen LogP contribution in [0.2, 0.25) is 0 Å². The minimum atomic E-state index is -1.02. The van der Waals surface area contributed by atoms with Crippen molar-refractivity contribution in [3.8, 4) is 11.3 Å². The average molecular weight is 418 g/mol. The molecule has 2 rings (SSSR count). The predicted molar refractivity (Wildman–Crippen MR) is 106 cm³/mol. The fraction of sp³-hybridized carbons (Fsp3) is 0.444. The lowest BCUT2D eigenvalue weighted by Crippen LogP contribution is -2.26. The normalized spacial score (nSPS) is 11.2. The minimum Gasteiger partial charge on any atom is -0.303 e. The molecule has 1 aromatic carbocycles. The minimum absolute atomic E-state index is 0.0690. The number of hydrogen-bond acceptors (Lipinski definition) is 5. The van der Waals surface area contributed by atoms with Crippen LogP contribution in [0.5, 0.6) is 0 Å². The highest BCUT2D eigenvalue weighted by Crippen LogP contribution is 2.34. The van der Waals surface area contributed by atoms with Crippen molar-refractivity contribution in [1.82, 2.24) is 9.88 Å². The largest absolute Gasteiger partial charge is 0.303 e. The number of thiazole rings is 1. The van der Waals surface area contributed by atoms with Crippen LogP contribution < -0.4 is 5.32 Å². The molecule has 0 radical (unpaired) electrons. The van der Waals surface area contributed by atoms with Crippen LogP contribution in [0.1, 0.15) is 18.7 Å². The SMILES string of the molecule is CCN(CC)CCSCC(=O)Nc1nc(-c2c(F)cc(F)cc2F)c(C)s1. The molecule has 0 saturated carbocycles. The van der Waals surface area contributed by atoms with E-state index in [9.17, 15) is 18.0 Å². The Hall–Kier alpha value is -1.58. The summed E-state index contributed by atoms with van der Waals surface area (Å²) in [6, 6.07) is 1.23. The van der Waals surface area contributed by atoms with Gasteiger partial charge in [0.25, 0.3) is 0 Å². The molecule has 0 spiro atoms. The Kier molecular flexibility index (Phi) is 8.12. The molecule has 4 nitrogen and oxygen atoms in total. The van der Waals surface area contributed by atoms with Crippen LogP contribution in [0.15, 0.2) is 12.1 Å². The number of nitrogens with zero attached hydrogens (tertiary/aromatic N) is 2. The summed E-state index contributed by atoms with van der Waals surface area (Å²) in [5.41, 5.74) is -0.321. The van der Waals surface area contributed by atoms with Gasteiger partial charge in [0.1, 0.15) is 17.5 Å². The van der Waals surface area contributed by atoms with Crippen molar-refractivity contribution in [2.24, 2.45) is 0 Å². The Morgan fingerprint density at radius 1 is 1.22 bits per heavy atom. The van der Waals surface area contributed by atoms with Crippen LogP contribution in [-0.4, -0.2) is 46.9 Å². The molecule has 1 heterocycles. The van der Waals surface area contributed by atoms with Gasteiger partial charge in [-0.2, -0.15) is 11.8 Å². The second-order valence-electron chi connectivity index (χ2n) is 5.80. The predicted octanol–water partition coefficient (Wildman–Crippen LogP) is 4.55. The molecule has 2 aromatic rings. The molecule has 0 unspecified atom stereocenters. The quantitative estimate of drug-likeness (QED) is 0.608. The summed E-state index contributed by atoms with van der Waals surface area (Å²) in [7, 11) is 0. The molecule has 1 aromatic heterocycles. The number of rotatable bonds is 9. The number of anilines is 1. The van der Waals surface area contributed by atoms with Gasteiger partial charge < -0.3 is 10.2 Å². The third kappa shape index (κ3) is 5.95. The monoisotopic (exact) mass is 417 g/mol. The number of hydrogen-bond donors (Lipinski definition) is 1. The number of aryl methyl sites for hydroxylation is 1. The van der Waals surface area contributed by atoms with Crippen molar-refractivity contribution in [3.63, 3.8) is 0 Å². The summed E-state index contributed by atoms with van der Waals surface area (Å²) < 4.78 is 41.0. The zero-order valence-corrected chi connectivity index (χ0v) is 17.1. The van der Waals surface area contributed by atoms with Crippen molar-refractivity contribution >= 4 is 34.1 Å². The van der Waals surface area contributed by atoms with E-state index >= 15 is 0 Å². The van der Waals surface area contributed by atoms with Gasteiger partial charge in [-0.3, -0.25) is 4.79 Å². The first-order valence-electron chi connectivity index (χ1n) is 8.58. The van der Waals surface area contributed by atoms with Gasteiger partial charge in [-0.25, -0.2) is 18.2 Å². The summed E-state index contributed by atoms with van der Waals surface area (Å²) in [4.78, 5) is 19.0. The summed E-state index contributed by atoms with van der Waals surface area (Å²) in [6.45, 7) is 8.69. The van der Waals surface area contributed by atoms with E-state index in [-0.39, 0.29) is 28.0 Å². The topological polar surface area (TPSA) is 45.2 Å². The zero-order valence-electron chi connectivity index (χ0n) is 15.4. The van der Waals surface area contributed by atoms with Crippen LogP contribution in [0, 0.1) is 24.4 Å². The van der Waals surface area contributed by atoms with Crippen LogP contribution in [0.25, 0.3) is 11.3 Å². The summed E-state index contributed by atoms with van der Waals surface area (Å²) in [5.74, 6) is -2.15. The standard InChI is InChI=1S/C18H22F3N3OS2/c1-4-24(5-2)6-7-26-10-15(25)22-18-23-17(11(3)27-18)16-13(20)8-12(19)9-14(16)21/h8-9H,4-7,10H2,1-3H3,(H,22,23,25). The lowest BCUT2D eigenvalue weighted by atomic mass is 10.1. The van der Waals surface area contributed by atoms with Gasteiger partial charge in [0, 0.05) is 29.3 Å². The third-order valence-electron chi connectivity index (χ3n) is 3.97. The first kappa shape index (κ1) is 21.7. The zero-order chi connectivity index (χ0) is 20.0. The third-order valence-corrected chi connectivity index (χ3v) is 5.79. The molecule has 1 N–H and O–H groups in total. The van der Waals surface area contributed by atoms with Crippen LogP contribution in [-0.2, 0) is 4.79 Å². The fourth-order valence-electron chi connectivity index (χ4n) is 2.50. The second-order valence-corrected chi connectivity index (χ2v) is 8.10. The van der Waals surface area contributed by atoms with Crippen LogP contribution in [0.3, 0.4) is 0 Å². The molecule has 1 amide bonds. The first-order valence-corrected chi connectivity index (χ1v) is 10.5. The van der Waals surface area contributed by atoms with Gasteiger partial charge in [-0.15, -0.1) is 11.3 Å². The summed E-state index contributed by atoms with van der Waals surface area (Å²) in [5, 5.41) is 2.92. The lowest BCUT2D eigenvalue weighted by molar-refractivity contribution is -0.113. The number of benzene rings is 1. The second kappa shape index (κ2) is 10.1. The molecule has 0 aliphatic carbocycles. The molecule has 0 aliphatic rings. The molecule has 9 heteroatoms. The number of thioether (sulfide) groups is 1. The molecular weight excluding hydrogens is 395 g/mol. The summed E-state index contributed by atoms with van der Waals surface area (Å²) in [6.07, 6.45) is 0. The van der Waals surface area contributed by atoms with E-state index in [1.807, 2.05) is 0 Å². The molecule has 0 fully saturated rings.